The van der Waals surface area contributed by atoms with Gasteiger partial charge in [-0.3, -0.25) is 0 Å². The molecule has 45 heavy (non-hydrogen) atoms. The molecule has 1 heterocycles. The van der Waals surface area contributed by atoms with Crippen molar-refractivity contribution >= 4 is 38.8 Å². The molecule has 0 bridgehead atoms. The Hall–Kier alpha value is -5.86. The van der Waals surface area contributed by atoms with Gasteiger partial charge in [-0.05, 0) is 64.5 Å². The van der Waals surface area contributed by atoms with Crippen LogP contribution in [0.15, 0.2) is 180 Å². The van der Waals surface area contributed by atoms with Crippen molar-refractivity contribution < 1.29 is 4.42 Å². The summed E-state index contributed by atoms with van der Waals surface area (Å²) >= 11 is 0. The first kappa shape index (κ1) is 25.6. The number of furan rings is 1. The Balaban J connectivity index is 1.39. The Morgan fingerprint density at radius 1 is 0.467 bits per heavy atom. The van der Waals surface area contributed by atoms with Gasteiger partial charge < -0.3 is 9.32 Å². The first-order chi connectivity index (χ1) is 22.3. The molecule has 0 saturated heterocycles. The highest BCUT2D eigenvalue weighted by molar-refractivity contribution is 6.01. The predicted octanol–water partition coefficient (Wildman–Crippen LogP) is 11.4. The maximum absolute atomic E-state index is 6.75. The van der Waals surface area contributed by atoms with Crippen LogP contribution in [0.4, 0.5) is 17.1 Å². The summed E-state index contributed by atoms with van der Waals surface area (Å²) in [6.45, 7) is 0. The van der Waals surface area contributed by atoms with Crippen LogP contribution in [0.1, 0.15) is 22.3 Å². The van der Waals surface area contributed by atoms with Crippen LogP contribution >= 0.6 is 0 Å². The summed E-state index contributed by atoms with van der Waals surface area (Å²) < 4.78 is 6.75. The average molecular weight is 576 g/mol. The second-order valence-corrected chi connectivity index (χ2v) is 11.7. The lowest BCUT2D eigenvalue weighted by atomic mass is 9.67. The highest BCUT2D eigenvalue weighted by Crippen LogP contribution is 2.60. The van der Waals surface area contributed by atoms with E-state index in [2.05, 4.69) is 181 Å². The van der Waals surface area contributed by atoms with E-state index in [4.69, 9.17) is 4.42 Å². The molecule has 9 rings (SSSR count). The topological polar surface area (TPSA) is 16.4 Å². The predicted molar refractivity (Wildman–Crippen MR) is 186 cm³/mol. The van der Waals surface area contributed by atoms with Gasteiger partial charge in [0.2, 0.25) is 0 Å². The van der Waals surface area contributed by atoms with Gasteiger partial charge in [-0.1, -0.05) is 133 Å². The van der Waals surface area contributed by atoms with Gasteiger partial charge >= 0.3 is 0 Å². The number of fused-ring (bicyclic) bond motifs is 6. The van der Waals surface area contributed by atoms with Crippen LogP contribution in [0.5, 0.6) is 0 Å². The second kappa shape index (κ2) is 10.1. The third kappa shape index (κ3) is 3.76. The lowest BCUT2D eigenvalue weighted by Gasteiger charge is -2.34. The Morgan fingerprint density at radius 2 is 1.07 bits per heavy atom. The SMILES string of the molecule is c1ccc(N(c2ccc3c(c2)C(c2ccccc2)(c2ccccc2)c2c-3oc3ccccc23)c2cccc3ccccc23)cc1. The molecule has 1 aromatic heterocycles. The average Bonchev–Trinajstić information content (AvgIpc) is 3.63. The van der Waals surface area contributed by atoms with Crippen LogP contribution in [-0.4, -0.2) is 0 Å². The number of hydrogen-bond acceptors (Lipinski definition) is 2. The minimum atomic E-state index is -0.573. The van der Waals surface area contributed by atoms with Gasteiger partial charge in [0.15, 0.2) is 0 Å². The Morgan fingerprint density at radius 3 is 1.80 bits per heavy atom. The summed E-state index contributed by atoms with van der Waals surface area (Å²) in [5.74, 6) is 0.946. The van der Waals surface area contributed by atoms with E-state index in [1.807, 2.05) is 0 Å². The van der Waals surface area contributed by atoms with E-state index in [1.165, 1.54) is 33.0 Å². The smallest absolute Gasteiger partial charge is 0.140 e. The molecule has 2 heteroatoms. The number of rotatable bonds is 5. The summed E-state index contributed by atoms with van der Waals surface area (Å²) in [5.41, 5.74) is 9.69. The van der Waals surface area contributed by atoms with E-state index in [0.717, 1.165) is 39.4 Å². The van der Waals surface area contributed by atoms with Gasteiger partial charge in [0.25, 0.3) is 0 Å². The molecule has 8 aromatic rings. The summed E-state index contributed by atoms with van der Waals surface area (Å²) in [7, 11) is 0. The zero-order valence-corrected chi connectivity index (χ0v) is 24.6. The summed E-state index contributed by atoms with van der Waals surface area (Å²) in [4.78, 5) is 2.39. The molecule has 0 amide bonds. The van der Waals surface area contributed by atoms with E-state index in [0.29, 0.717) is 0 Å². The Labute approximate surface area is 262 Å². The van der Waals surface area contributed by atoms with Crippen LogP contribution in [-0.2, 0) is 5.41 Å². The number of para-hydroxylation sites is 2. The van der Waals surface area contributed by atoms with Crippen molar-refractivity contribution in [3.63, 3.8) is 0 Å². The van der Waals surface area contributed by atoms with Crippen molar-refractivity contribution in [2.45, 2.75) is 5.41 Å². The van der Waals surface area contributed by atoms with Crippen molar-refractivity contribution in [3.05, 3.63) is 198 Å². The second-order valence-electron chi connectivity index (χ2n) is 11.7. The quantitative estimate of drug-likeness (QED) is 0.203. The normalized spacial score (nSPS) is 13.1. The van der Waals surface area contributed by atoms with Crippen molar-refractivity contribution in [2.75, 3.05) is 4.90 Å². The molecule has 0 fully saturated rings. The minimum Gasteiger partial charge on any atom is -0.456 e. The van der Waals surface area contributed by atoms with Crippen LogP contribution in [0, 0.1) is 0 Å². The fourth-order valence-electron chi connectivity index (χ4n) is 7.47. The van der Waals surface area contributed by atoms with E-state index in [1.54, 1.807) is 0 Å². The third-order valence-electron chi connectivity index (χ3n) is 9.32. The van der Waals surface area contributed by atoms with Crippen LogP contribution in [0.25, 0.3) is 33.1 Å². The zero-order chi connectivity index (χ0) is 29.8. The molecule has 0 saturated carbocycles. The third-order valence-corrected chi connectivity index (χ3v) is 9.32. The maximum atomic E-state index is 6.75. The molecule has 1 aliphatic rings. The van der Waals surface area contributed by atoms with Crippen molar-refractivity contribution in [2.24, 2.45) is 0 Å². The van der Waals surface area contributed by atoms with Gasteiger partial charge in [0, 0.05) is 33.3 Å². The molecular formula is C43H29NO. The molecule has 0 unspecified atom stereocenters. The molecule has 0 atom stereocenters. The minimum absolute atomic E-state index is 0.573. The standard InChI is InChI=1S/C43H29NO/c1-4-17-31(18-5-1)43(32-19-6-2-7-20-32)38-29-34(27-28-36(38)42-41(43)37-24-12-13-26-40(37)45-42)44(33-21-8-3-9-22-33)39-25-14-16-30-15-10-11-23-35(30)39/h1-29H. The van der Waals surface area contributed by atoms with Gasteiger partial charge in [-0.15, -0.1) is 0 Å². The first-order valence-corrected chi connectivity index (χ1v) is 15.4. The highest BCUT2D eigenvalue weighted by atomic mass is 16.3. The van der Waals surface area contributed by atoms with Gasteiger partial charge in [0.1, 0.15) is 11.3 Å². The van der Waals surface area contributed by atoms with E-state index < -0.39 is 5.41 Å². The zero-order valence-electron chi connectivity index (χ0n) is 24.6. The molecule has 212 valence electrons. The molecule has 0 radical (unpaired) electrons. The van der Waals surface area contributed by atoms with E-state index in [-0.39, 0.29) is 0 Å². The largest absolute Gasteiger partial charge is 0.456 e. The number of hydrogen-bond donors (Lipinski definition) is 0. The lowest BCUT2D eigenvalue weighted by molar-refractivity contribution is 0.628. The molecule has 1 aliphatic carbocycles. The molecule has 2 nitrogen and oxygen atoms in total. The highest BCUT2D eigenvalue weighted by Gasteiger charge is 2.49. The monoisotopic (exact) mass is 575 g/mol. The molecule has 0 spiro atoms. The van der Waals surface area contributed by atoms with E-state index >= 15 is 0 Å². The molecule has 0 aliphatic heterocycles. The maximum Gasteiger partial charge on any atom is 0.140 e. The number of anilines is 3. The van der Waals surface area contributed by atoms with Crippen molar-refractivity contribution in [3.8, 4) is 11.3 Å². The summed E-state index contributed by atoms with van der Waals surface area (Å²) in [6.07, 6.45) is 0. The Bertz CT molecular complexity index is 2280. The Kier molecular flexibility index (Phi) is 5.76. The van der Waals surface area contributed by atoms with Gasteiger partial charge in [-0.25, -0.2) is 0 Å². The van der Waals surface area contributed by atoms with Crippen LogP contribution in [0.2, 0.25) is 0 Å². The molecule has 0 N–H and O–H groups in total. The number of nitrogens with zero attached hydrogens (tertiary/aromatic N) is 1. The molecular weight excluding hydrogens is 546 g/mol. The van der Waals surface area contributed by atoms with Crippen LogP contribution < -0.4 is 4.90 Å². The van der Waals surface area contributed by atoms with Crippen molar-refractivity contribution in [1.82, 2.24) is 0 Å². The van der Waals surface area contributed by atoms with Gasteiger partial charge in [-0.2, -0.15) is 0 Å². The van der Waals surface area contributed by atoms with Crippen molar-refractivity contribution in [1.29, 1.82) is 0 Å². The summed E-state index contributed by atoms with van der Waals surface area (Å²) in [6, 6.07) is 63.1. The molecule has 7 aromatic carbocycles. The first-order valence-electron chi connectivity index (χ1n) is 15.4. The lowest BCUT2D eigenvalue weighted by Crippen LogP contribution is -2.28. The van der Waals surface area contributed by atoms with E-state index in [9.17, 15) is 0 Å². The van der Waals surface area contributed by atoms with Crippen LogP contribution in [0.3, 0.4) is 0 Å². The fraction of sp³-hybridized carbons (Fsp3) is 0.0233. The fourth-order valence-corrected chi connectivity index (χ4v) is 7.47. The number of benzene rings is 7. The summed E-state index contributed by atoms with van der Waals surface area (Å²) in [5, 5.41) is 3.57. The van der Waals surface area contributed by atoms with Gasteiger partial charge in [0.05, 0.1) is 11.1 Å².